The van der Waals surface area contributed by atoms with Crippen molar-refractivity contribution >= 4 is 21.4 Å². The summed E-state index contributed by atoms with van der Waals surface area (Å²) in [5, 5.41) is 11.9. The molecule has 2 N–H and O–H groups in total. The molecule has 0 atom stereocenters. The van der Waals surface area contributed by atoms with E-state index in [9.17, 15) is 0 Å². The molecule has 19 heavy (non-hydrogen) atoms. The van der Waals surface area contributed by atoms with Crippen molar-refractivity contribution in [3.63, 3.8) is 0 Å². The third-order valence-corrected chi connectivity index (χ3v) is 4.25. The van der Waals surface area contributed by atoms with Crippen LogP contribution in [-0.2, 0) is 0 Å². The number of nitrogens with zero attached hydrogens (tertiary/aromatic N) is 2. The molecular weight excluding hydrogens is 256 g/mol. The molecule has 0 aliphatic heterocycles. The van der Waals surface area contributed by atoms with Crippen molar-refractivity contribution in [2.75, 3.05) is 0 Å². The number of nitrogens with one attached hydrogen (secondary N) is 2. The fourth-order valence-electron chi connectivity index (χ4n) is 2.23. The summed E-state index contributed by atoms with van der Waals surface area (Å²) in [5.41, 5.74) is 3.02. The van der Waals surface area contributed by atoms with Gasteiger partial charge in [0.2, 0.25) is 0 Å². The number of rotatable bonds is 2. The Bertz CT molecular complexity index is 793. The van der Waals surface area contributed by atoms with Gasteiger partial charge >= 0.3 is 0 Å². The van der Waals surface area contributed by atoms with E-state index >= 15 is 0 Å². The van der Waals surface area contributed by atoms with Crippen LogP contribution in [0.4, 0.5) is 0 Å². The topological polar surface area (TPSA) is 57.4 Å². The first-order valence-electron chi connectivity index (χ1n) is 5.95. The molecule has 4 rings (SSSR count). The summed E-state index contributed by atoms with van der Waals surface area (Å²) >= 11 is 1.78. The van der Waals surface area contributed by atoms with Crippen LogP contribution in [0.15, 0.2) is 48.8 Å². The summed E-state index contributed by atoms with van der Waals surface area (Å²) in [4.78, 5) is 4.51. The zero-order valence-electron chi connectivity index (χ0n) is 9.92. The summed E-state index contributed by atoms with van der Waals surface area (Å²) in [6.45, 7) is 0. The lowest BCUT2D eigenvalue weighted by molar-refractivity contribution is 0.942. The maximum Gasteiger partial charge on any atom is 0.114 e. The minimum atomic E-state index is 0.855. The first-order valence-corrected chi connectivity index (χ1v) is 6.76. The molecule has 0 aliphatic rings. The molecule has 4 aromatic rings. The van der Waals surface area contributed by atoms with E-state index in [-0.39, 0.29) is 0 Å². The Morgan fingerprint density at radius 1 is 1.11 bits per heavy atom. The van der Waals surface area contributed by atoms with Crippen LogP contribution in [0.25, 0.3) is 31.9 Å². The van der Waals surface area contributed by atoms with Gasteiger partial charge in [-0.25, -0.2) is 0 Å². The third kappa shape index (κ3) is 1.67. The van der Waals surface area contributed by atoms with E-state index in [4.69, 9.17) is 0 Å². The van der Waals surface area contributed by atoms with Crippen LogP contribution in [0, 0.1) is 0 Å². The van der Waals surface area contributed by atoms with Gasteiger partial charge in [0, 0.05) is 16.5 Å². The minimum absolute atomic E-state index is 0.855. The van der Waals surface area contributed by atoms with Crippen LogP contribution in [-0.4, -0.2) is 20.4 Å². The average Bonchev–Trinajstić information content (AvgIpc) is 3.17. The Kier molecular flexibility index (Phi) is 2.25. The fourth-order valence-corrected chi connectivity index (χ4v) is 3.31. The van der Waals surface area contributed by atoms with Crippen molar-refractivity contribution in [2.45, 2.75) is 0 Å². The second kappa shape index (κ2) is 4.07. The molecule has 0 unspecified atom stereocenters. The van der Waals surface area contributed by atoms with Crippen molar-refractivity contribution in [3.8, 4) is 21.8 Å². The number of H-pyrrole nitrogens is 2. The van der Waals surface area contributed by atoms with Gasteiger partial charge in [0.15, 0.2) is 0 Å². The molecule has 0 fully saturated rings. The fraction of sp³-hybridized carbons (Fsp3) is 0. The molecule has 5 heteroatoms. The van der Waals surface area contributed by atoms with E-state index in [0.29, 0.717) is 0 Å². The Morgan fingerprint density at radius 2 is 2.05 bits per heavy atom. The highest BCUT2D eigenvalue weighted by Crippen LogP contribution is 2.37. The van der Waals surface area contributed by atoms with E-state index < -0.39 is 0 Å². The largest absolute Gasteiger partial charge is 0.360 e. The predicted molar refractivity (Wildman–Crippen MR) is 77.0 cm³/mol. The van der Waals surface area contributed by atoms with Crippen LogP contribution in [0.2, 0.25) is 0 Å². The van der Waals surface area contributed by atoms with Gasteiger partial charge in [-0.1, -0.05) is 23.4 Å². The van der Waals surface area contributed by atoms with Crippen LogP contribution >= 0.6 is 11.3 Å². The molecule has 0 radical (unpaired) electrons. The highest BCUT2D eigenvalue weighted by atomic mass is 32.1. The summed E-state index contributed by atoms with van der Waals surface area (Å²) in [5.74, 6) is 0. The highest BCUT2D eigenvalue weighted by molar-refractivity contribution is 7.22. The second-order valence-electron chi connectivity index (χ2n) is 4.27. The Morgan fingerprint density at radius 3 is 2.89 bits per heavy atom. The summed E-state index contributed by atoms with van der Waals surface area (Å²) in [7, 11) is 0. The quantitative estimate of drug-likeness (QED) is 0.581. The molecule has 0 amide bonds. The molecule has 0 spiro atoms. The van der Waals surface area contributed by atoms with E-state index in [2.05, 4.69) is 50.7 Å². The van der Waals surface area contributed by atoms with Gasteiger partial charge in [-0.15, -0.1) is 16.4 Å². The zero-order chi connectivity index (χ0) is 12.7. The molecule has 0 saturated carbocycles. The van der Waals surface area contributed by atoms with E-state index in [1.165, 1.54) is 15.0 Å². The van der Waals surface area contributed by atoms with Gasteiger partial charge in [0.1, 0.15) is 5.69 Å². The zero-order valence-corrected chi connectivity index (χ0v) is 10.7. The van der Waals surface area contributed by atoms with Crippen molar-refractivity contribution in [1.82, 2.24) is 20.4 Å². The SMILES string of the molecule is c1ccc2sc(-c3[nH]ccc3-c3c[nH]nn3)cc2c1. The summed E-state index contributed by atoms with van der Waals surface area (Å²) < 4.78 is 1.29. The van der Waals surface area contributed by atoms with Gasteiger partial charge in [-0.05, 0) is 23.6 Å². The maximum atomic E-state index is 4.08. The Labute approximate surface area is 113 Å². The molecule has 3 aromatic heterocycles. The third-order valence-electron chi connectivity index (χ3n) is 3.11. The number of aromatic nitrogens is 4. The maximum absolute atomic E-state index is 4.08. The second-order valence-corrected chi connectivity index (χ2v) is 5.36. The van der Waals surface area contributed by atoms with Crippen LogP contribution in [0.1, 0.15) is 0 Å². The lowest BCUT2D eigenvalue weighted by Crippen LogP contribution is -1.79. The van der Waals surface area contributed by atoms with Crippen molar-refractivity contribution in [2.24, 2.45) is 0 Å². The molecule has 0 aliphatic carbocycles. The predicted octanol–water partition coefficient (Wildman–Crippen LogP) is 3.68. The molecule has 1 aromatic carbocycles. The van der Waals surface area contributed by atoms with Crippen molar-refractivity contribution < 1.29 is 0 Å². The lowest BCUT2D eigenvalue weighted by Gasteiger charge is -1.96. The van der Waals surface area contributed by atoms with E-state index in [0.717, 1.165) is 17.0 Å². The standard InChI is InChI=1S/C14H10N4S/c1-2-4-12-9(3-1)7-13(19-12)14-10(5-6-15-14)11-8-16-18-17-11/h1-8,15H,(H,16,17,18). The van der Waals surface area contributed by atoms with Crippen molar-refractivity contribution in [3.05, 3.63) is 48.8 Å². The van der Waals surface area contributed by atoms with Gasteiger partial charge in [0.25, 0.3) is 0 Å². The van der Waals surface area contributed by atoms with Crippen LogP contribution in [0.5, 0.6) is 0 Å². The summed E-state index contributed by atoms with van der Waals surface area (Å²) in [6, 6.07) is 12.6. The average molecular weight is 266 g/mol. The molecule has 0 saturated heterocycles. The van der Waals surface area contributed by atoms with Gasteiger partial charge < -0.3 is 4.98 Å². The number of hydrogen-bond donors (Lipinski definition) is 2. The minimum Gasteiger partial charge on any atom is -0.360 e. The highest BCUT2D eigenvalue weighted by Gasteiger charge is 2.13. The normalized spacial score (nSPS) is 11.2. The van der Waals surface area contributed by atoms with Crippen LogP contribution < -0.4 is 0 Å². The summed E-state index contributed by atoms with van der Waals surface area (Å²) in [6.07, 6.45) is 3.74. The molecule has 0 bridgehead atoms. The van der Waals surface area contributed by atoms with Crippen molar-refractivity contribution in [1.29, 1.82) is 0 Å². The van der Waals surface area contributed by atoms with Crippen LogP contribution in [0.3, 0.4) is 0 Å². The first-order chi connectivity index (χ1) is 9.42. The number of hydrogen-bond acceptors (Lipinski definition) is 3. The van der Waals surface area contributed by atoms with Gasteiger partial charge in [0.05, 0.1) is 16.8 Å². The Balaban J connectivity index is 1.91. The monoisotopic (exact) mass is 266 g/mol. The van der Waals surface area contributed by atoms with Gasteiger partial charge in [-0.3, -0.25) is 5.10 Å². The number of aromatic amines is 2. The first kappa shape index (κ1) is 10.5. The number of benzene rings is 1. The molecular formula is C14H10N4S. The molecule has 92 valence electrons. The lowest BCUT2D eigenvalue weighted by atomic mass is 10.1. The molecule has 3 heterocycles. The number of thiophene rings is 1. The number of fused-ring (bicyclic) bond motifs is 1. The van der Waals surface area contributed by atoms with Gasteiger partial charge in [-0.2, -0.15) is 0 Å². The molecule has 4 nitrogen and oxygen atoms in total. The van der Waals surface area contributed by atoms with E-state index in [1.54, 1.807) is 17.5 Å². The van der Waals surface area contributed by atoms with E-state index in [1.807, 2.05) is 12.3 Å². The Hall–Kier alpha value is -2.40. The smallest absolute Gasteiger partial charge is 0.114 e.